The average molecular weight is 348 g/mol. The van der Waals surface area contributed by atoms with Crippen molar-refractivity contribution in [1.82, 2.24) is 9.47 Å². The zero-order valence-corrected chi connectivity index (χ0v) is 15.1. The highest BCUT2D eigenvalue weighted by molar-refractivity contribution is 6.10. The fraction of sp³-hybridized carbons (Fsp3) is 0.318. The third-order valence-corrected chi connectivity index (χ3v) is 5.22. The Hall–Kier alpha value is -2.59. The second-order valence-electron chi connectivity index (χ2n) is 6.85. The van der Waals surface area contributed by atoms with Crippen molar-refractivity contribution >= 4 is 16.7 Å². The molecule has 1 saturated heterocycles. The van der Waals surface area contributed by atoms with E-state index in [-0.39, 0.29) is 5.78 Å². The molecule has 0 saturated carbocycles. The molecule has 0 radical (unpaired) electrons. The molecule has 134 valence electrons. The van der Waals surface area contributed by atoms with Gasteiger partial charge in [-0.25, -0.2) is 0 Å². The summed E-state index contributed by atoms with van der Waals surface area (Å²) in [6, 6.07) is 17.5. The normalized spacial score (nSPS) is 14.8. The maximum Gasteiger partial charge on any atom is 0.209 e. The molecule has 2 heterocycles. The largest absolute Gasteiger partial charge is 0.497 e. The summed E-state index contributed by atoms with van der Waals surface area (Å²) < 4.78 is 7.52. The molecule has 0 bridgehead atoms. The number of hydrogen-bond donors (Lipinski definition) is 0. The molecule has 4 heteroatoms. The van der Waals surface area contributed by atoms with Crippen LogP contribution in [0, 0.1) is 0 Å². The third kappa shape index (κ3) is 3.25. The molecule has 0 aliphatic carbocycles. The molecule has 1 fully saturated rings. The molecule has 3 aromatic rings. The van der Waals surface area contributed by atoms with Crippen LogP contribution in [0.5, 0.6) is 5.75 Å². The summed E-state index contributed by atoms with van der Waals surface area (Å²) in [5, 5.41) is 1.05. The van der Waals surface area contributed by atoms with Gasteiger partial charge >= 0.3 is 0 Å². The molecule has 0 amide bonds. The maximum absolute atomic E-state index is 13.1. The van der Waals surface area contributed by atoms with Crippen molar-refractivity contribution in [2.45, 2.75) is 19.4 Å². The van der Waals surface area contributed by atoms with Gasteiger partial charge in [0.2, 0.25) is 5.78 Å². The number of methoxy groups -OCH3 is 1. The van der Waals surface area contributed by atoms with Crippen molar-refractivity contribution in [2.24, 2.45) is 0 Å². The van der Waals surface area contributed by atoms with Gasteiger partial charge in [0.1, 0.15) is 5.75 Å². The number of fused-ring (bicyclic) bond motifs is 1. The van der Waals surface area contributed by atoms with Crippen LogP contribution in [0.3, 0.4) is 0 Å². The number of rotatable bonds is 6. The first kappa shape index (κ1) is 16.9. The molecule has 4 rings (SSSR count). The molecule has 2 aromatic carbocycles. The number of ketones is 1. The van der Waals surface area contributed by atoms with E-state index in [0.717, 1.165) is 54.1 Å². The number of aromatic nitrogens is 1. The number of ether oxygens (including phenoxy) is 1. The highest BCUT2D eigenvalue weighted by Crippen LogP contribution is 2.26. The first-order valence-corrected chi connectivity index (χ1v) is 9.25. The molecule has 1 aromatic heterocycles. The van der Waals surface area contributed by atoms with E-state index < -0.39 is 0 Å². The smallest absolute Gasteiger partial charge is 0.209 e. The lowest BCUT2D eigenvalue weighted by Gasteiger charge is -2.17. The van der Waals surface area contributed by atoms with Crippen LogP contribution in [-0.2, 0) is 6.54 Å². The van der Waals surface area contributed by atoms with Crippen LogP contribution in [0.15, 0.2) is 54.6 Å². The van der Waals surface area contributed by atoms with Gasteiger partial charge in [0.15, 0.2) is 0 Å². The van der Waals surface area contributed by atoms with Gasteiger partial charge in [-0.15, -0.1) is 0 Å². The van der Waals surface area contributed by atoms with Crippen LogP contribution in [0.1, 0.15) is 28.9 Å². The van der Waals surface area contributed by atoms with E-state index in [1.807, 2.05) is 48.5 Å². The van der Waals surface area contributed by atoms with E-state index in [1.54, 1.807) is 7.11 Å². The Kier molecular flexibility index (Phi) is 4.76. The molecule has 1 aliphatic rings. The Morgan fingerprint density at radius 1 is 1.00 bits per heavy atom. The van der Waals surface area contributed by atoms with E-state index in [1.165, 1.54) is 12.8 Å². The van der Waals surface area contributed by atoms with Gasteiger partial charge in [0.25, 0.3) is 0 Å². The van der Waals surface area contributed by atoms with Gasteiger partial charge in [-0.3, -0.25) is 4.79 Å². The Balaban J connectivity index is 1.73. The van der Waals surface area contributed by atoms with Crippen molar-refractivity contribution < 1.29 is 9.53 Å². The van der Waals surface area contributed by atoms with E-state index in [2.05, 4.69) is 15.5 Å². The Morgan fingerprint density at radius 3 is 2.50 bits per heavy atom. The first-order valence-electron chi connectivity index (χ1n) is 9.25. The maximum atomic E-state index is 13.1. The zero-order chi connectivity index (χ0) is 17.9. The molecule has 26 heavy (non-hydrogen) atoms. The van der Waals surface area contributed by atoms with Crippen molar-refractivity contribution in [3.63, 3.8) is 0 Å². The van der Waals surface area contributed by atoms with E-state index >= 15 is 0 Å². The molecular formula is C22H24N2O2. The highest BCUT2D eigenvalue weighted by atomic mass is 16.5. The predicted molar refractivity (Wildman–Crippen MR) is 104 cm³/mol. The van der Waals surface area contributed by atoms with Gasteiger partial charge in [-0.2, -0.15) is 0 Å². The summed E-state index contributed by atoms with van der Waals surface area (Å²) in [6.45, 7) is 4.12. The summed E-state index contributed by atoms with van der Waals surface area (Å²) in [5.74, 6) is 0.884. The van der Waals surface area contributed by atoms with Crippen molar-refractivity contribution in [1.29, 1.82) is 0 Å². The lowest BCUT2D eigenvalue weighted by atomic mass is 10.1. The lowest BCUT2D eigenvalue weighted by molar-refractivity contribution is 0.103. The van der Waals surface area contributed by atoms with Crippen molar-refractivity contribution in [3.05, 3.63) is 65.9 Å². The number of hydrogen-bond acceptors (Lipinski definition) is 3. The second-order valence-corrected chi connectivity index (χ2v) is 6.85. The monoisotopic (exact) mass is 348 g/mol. The van der Waals surface area contributed by atoms with Gasteiger partial charge in [0.05, 0.1) is 12.8 Å². The molecule has 0 spiro atoms. The van der Waals surface area contributed by atoms with Crippen LogP contribution >= 0.6 is 0 Å². The standard InChI is InChI=1S/C22H24N2O2/c1-26-19-9-10-20-18(15-19)16-21(22(25)17-7-3-2-4-8-17)24(20)14-13-23-11-5-6-12-23/h2-4,7-10,15-16H,5-6,11-14H2,1H3. The number of carbonyl (C=O) groups is 1. The predicted octanol–water partition coefficient (Wildman–Crippen LogP) is 3.98. The minimum atomic E-state index is 0.0715. The molecule has 0 atom stereocenters. The van der Waals surface area contributed by atoms with Crippen LogP contribution in [0.2, 0.25) is 0 Å². The summed E-state index contributed by atoms with van der Waals surface area (Å²) in [4.78, 5) is 15.6. The number of benzene rings is 2. The molecule has 4 nitrogen and oxygen atoms in total. The number of likely N-dealkylation sites (tertiary alicyclic amines) is 1. The summed E-state index contributed by atoms with van der Waals surface area (Å²) in [7, 11) is 1.67. The minimum absolute atomic E-state index is 0.0715. The second kappa shape index (κ2) is 7.34. The quantitative estimate of drug-likeness (QED) is 0.632. The summed E-state index contributed by atoms with van der Waals surface area (Å²) in [5.41, 5.74) is 2.56. The SMILES string of the molecule is COc1ccc2c(c1)cc(C(=O)c1ccccc1)n2CCN1CCCC1. The number of carbonyl (C=O) groups excluding carboxylic acids is 1. The van der Waals surface area contributed by atoms with Crippen LogP contribution < -0.4 is 4.74 Å². The summed E-state index contributed by atoms with van der Waals surface area (Å²) >= 11 is 0. The highest BCUT2D eigenvalue weighted by Gasteiger charge is 2.19. The van der Waals surface area contributed by atoms with Gasteiger partial charge in [-0.1, -0.05) is 30.3 Å². The minimum Gasteiger partial charge on any atom is -0.497 e. The molecule has 0 N–H and O–H groups in total. The Labute approximate surface area is 154 Å². The van der Waals surface area contributed by atoms with Crippen LogP contribution in [0.25, 0.3) is 10.9 Å². The van der Waals surface area contributed by atoms with E-state index in [0.29, 0.717) is 0 Å². The molecular weight excluding hydrogens is 324 g/mol. The van der Waals surface area contributed by atoms with Crippen LogP contribution in [0.4, 0.5) is 0 Å². The zero-order valence-electron chi connectivity index (χ0n) is 15.1. The topological polar surface area (TPSA) is 34.5 Å². The lowest BCUT2D eigenvalue weighted by Crippen LogP contribution is -2.25. The Morgan fingerprint density at radius 2 is 1.77 bits per heavy atom. The summed E-state index contributed by atoms with van der Waals surface area (Å²) in [6.07, 6.45) is 2.55. The first-order chi connectivity index (χ1) is 12.8. The molecule has 0 unspecified atom stereocenters. The van der Waals surface area contributed by atoms with E-state index in [9.17, 15) is 4.79 Å². The fourth-order valence-electron chi connectivity index (χ4n) is 3.79. The van der Waals surface area contributed by atoms with Crippen LogP contribution in [-0.4, -0.2) is 42.0 Å². The fourth-order valence-corrected chi connectivity index (χ4v) is 3.79. The van der Waals surface area contributed by atoms with E-state index in [4.69, 9.17) is 4.74 Å². The van der Waals surface area contributed by atoms with Crippen molar-refractivity contribution in [3.8, 4) is 5.75 Å². The third-order valence-electron chi connectivity index (χ3n) is 5.22. The number of nitrogens with zero attached hydrogens (tertiary/aromatic N) is 2. The van der Waals surface area contributed by atoms with Crippen molar-refractivity contribution in [2.75, 3.05) is 26.7 Å². The average Bonchev–Trinajstić information content (AvgIpc) is 3.33. The molecule has 1 aliphatic heterocycles. The van der Waals surface area contributed by atoms with Gasteiger partial charge < -0.3 is 14.2 Å². The Bertz CT molecular complexity index is 909. The van der Waals surface area contributed by atoms with Gasteiger partial charge in [-0.05, 0) is 50.2 Å². The van der Waals surface area contributed by atoms with Gasteiger partial charge in [0, 0.05) is 29.6 Å².